The molecular formula is C20H24O5. The molecule has 0 radical (unpaired) electrons. The lowest BCUT2D eigenvalue weighted by Crippen LogP contribution is -2.55. The van der Waals surface area contributed by atoms with E-state index in [-0.39, 0.29) is 12.7 Å². The van der Waals surface area contributed by atoms with Gasteiger partial charge in [0.05, 0.1) is 19.8 Å². The minimum atomic E-state index is -1.04. The highest BCUT2D eigenvalue weighted by Gasteiger charge is 2.41. The van der Waals surface area contributed by atoms with Crippen molar-refractivity contribution < 1.29 is 24.1 Å². The lowest BCUT2D eigenvalue weighted by molar-refractivity contribution is -0.280. The molecule has 3 rings (SSSR count). The van der Waals surface area contributed by atoms with Gasteiger partial charge in [0, 0.05) is 7.11 Å². The second kappa shape index (κ2) is 9.08. The highest BCUT2D eigenvalue weighted by Crippen LogP contribution is 2.24. The lowest BCUT2D eigenvalue weighted by Gasteiger charge is -2.39. The van der Waals surface area contributed by atoms with E-state index in [9.17, 15) is 5.11 Å². The van der Waals surface area contributed by atoms with Gasteiger partial charge in [-0.2, -0.15) is 0 Å². The molecule has 2 aromatic carbocycles. The molecule has 2 aromatic rings. The quantitative estimate of drug-likeness (QED) is 0.836. The van der Waals surface area contributed by atoms with Crippen LogP contribution in [-0.4, -0.2) is 43.4 Å². The molecule has 1 fully saturated rings. The van der Waals surface area contributed by atoms with Gasteiger partial charge in [0.15, 0.2) is 6.29 Å². The molecule has 0 amide bonds. The fourth-order valence-corrected chi connectivity index (χ4v) is 2.91. The predicted molar refractivity (Wildman–Crippen MR) is 92.8 cm³/mol. The number of aliphatic hydroxyl groups excluding tert-OH is 1. The van der Waals surface area contributed by atoms with Gasteiger partial charge in [-0.05, 0) is 11.1 Å². The maximum atomic E-state index is 10.2. The first-order valence-electron chi connectivity index (χ1n) is 8.41. The predicted octanol–water partition coefficient (Wildman–Crippen LogP) is 2.52. The summed E-state index contributed by atoms with van der Waals surface area (Å²) in [5.41, 5.74) is 2.10. The Morgan fingerprint density at radius 1 is 0.880 bits per heavy atom. The zero-order chi connectivity index (χ0) is 17.5. The second-order valence-electron chi connectivity index (χ2n) is 6.02. The summed E-state index contributed by atoms with van der Waals surface area (Å²) in [6, 6.07) is 19.7. The van der Waals surface area contributed by atoms with Crippen LogP contribution >= 0.6 is 0 Å². The van der Waals surface area contributed by atoms with E-state index in [1.807, 2.05) is 60.7 Å². The van der Waals surface area contributed by atoms with Crippen LogP contribution in [-0.2, 0) is 32.2 Å². The van der Waals surface area contributed by atoms with Crippen molar-refractivity contribution in [3.05, 3.63) is 71.8 Å². The molecule has 1 aliphatic rings. The van der Waals surface area contributed by atoms with Crippen molar-refractivity contribution in [2.75, 3.05) is 13.7 Å². The third-order valence-electron chi connectivity index (χ3n) is 4.27. The summed E-state index contributed by atoms with van der Waals surface area (Å²) in [5, 5.41) is 10.2. The highest BCUT2D eigenvalue weighted by molar-refractivity contribution is 5.14. The van der Waals surface area contributed by atoms with Crippen LogP contribution in [0.3, 0.4) is 0 Å². The molecule has 1 aliphatic heterocycles. The lowest BCUT2D eigenvalue weighted by atomic mass is 10.0. The third kappa shape index (κ3) is 4.87. The summed E-state index contributed by atoms with van der Waals surface area (Å²) in [4.78, 5) is 0. The summed E-state index contributed by atoms with van der Waals surface area (Å²) < 4.78 is 22.9. The summed E-state index contributed by atoms with van der Waals surface area (Å²) >= 11 is 0. The molecule has 5 heteroatoms. The SMILES string of the molecule is CO[C@@H]1[C@@H](OCc2ccccc2)[C@H](O)OC[C@H]1OCc1ccccc1. The number of aliphatic hydroxyl groups is 1. The van der Waals surface area contributed by atoms with E-state index in [0.717, 1.165) is 11.1 Å². The van der Waals surface area contributed by atoms with E-state index >= 15 is 0 Å². The monoisotopic (exact) mass is 344 g/mol. The molecule has 5 nitrogen and oxygen atoms in total. The van der Waals surface area contributed by atoms with Gasteiger partial charge in [-0.3, -0.25) is 0 Å². The first-order valence-corrected chi connectivity index (χ1v) is 8.41. The summed E-state index contributed by atoms with van der Waals surface area (Å²) in [6.45, 7) is 1.09. The molecule has 4 atom stereocenters. The van der Waals surface area contributed by atoms with Gasteiger partial charge in [-0.25, -0.2) is 0 Å². The van der Waals surface area contributed by atoms with Crippen LogP contribution in [0.4, 0.5) is 0 Å². The number of rotatable bonds is 7. The Hall–Kier alpha value is -1.76. The zero-order valence-electron chi connectivity index (χ0n) is 14.3. The van der Waals surface area contributed by atoms with Crippen LogP contribution in [0.15, 0.2) is 60.7 Å². The standard InChI is InChI=1S/C20H24O5/c1-22-18-17(23-12-15-8-4-2-5-9-15)14-25-20(21)19(18)24-13-16-10-6-3-7-11-16/h2-11,17-21H,12-14H2,1H3/t17-,18+,19-,20-/m1/s1. The van der Waals surface area contributed by atoms with Crippen LogP contribution < -0.4 is 0 Å². The smallest absolute Gasteiger partial charge is 0.183 e. The van der Waals surface area contributed by atoms with E-state index < -0.39 is 18.5 Å². The zero-order valence-corrected chi connectivity index (χ0v) is 14.3. The van der Waals surface area contributed by atoms with Crippen LogP contribution in [0.2, 0.25) is 0 Å². The van der Waals surface area contributed by atoms with Crippen molar-refractivity contribution in [3.63, 3.8) is 0 Å². The van der Waals surface area contributed by atoms with E-state index in [1.165, 1.54) is 0 Å². The van der Waals surface area contributed by atoms with Gasteiger partial charge in [-0.1, -0.05) is 60.7 Å². The molecule has 134 valence electrons. The van der Waals surface area contributed by atoms with Crippen molar-refractivity contribution in [1.29, 1.82) is 0 Å². The molecule has 1 saturated heterocycles. The normalized spacial score (nSPS) is 26.5. The molecule has 0 spiro atoms. The third-order valence-corrected chi connectivity index (χ3v) is 4.27. The maximum absolute atomic E-state index is 10.2. The topological polar surface area (TPSA) is 57.2 Å². The maximum Gasteiger partial charge on any atom is 0.183 e. The van der Waals surface area contributed by atoms with E-state index in [2.05, 4.69) is 0 Å². The fraction of sp³-hybridized carbons (Fsp3) is 0.400. The fourth-order valence-electron chi connectivity index (χ4n) is 2.91. The molecule has 25 heavy (non-hydrogen) atoms. The van der Waals surface area contributed by atoms with Crippen molar-refractivity contribution in [2.24, 2.45) is 0 Å². The molecular weight excluding hydrogens is 320 g/mol. The summed E-state index contributed by atoms with van der Waals surface area (Å²) in [6.07, 6.45) is -2.37. The Morgan fingerprint density at radius 3 is 2.00 bits per heavy atom. The number of benzene rings is 2. The largest absolute Gasteiger partial charge is 0.376 e. The van der Waals surface area contributed by atoms with Crippen molar-refractivity contribution in [1.82, 2.24) is 0 Å². The van der Waals surface area contributed by atoms with Crippen LogP contribution in [0.5, 0.6) is 0 Å². The van der Waals surface area contributed by atoms with E-state index in [1.54, 1.807) is 7.11 Å². The Kier molecular flexibility index (Phi) is 6.55. The minimum absolute atomic E-state index is 0.262. The second-order valence-corrected chi connectivity index (χ2v) is 6.02. The average molecular weight is 344 g/mol. The summed E-state index contributed by atoms with van der Waals surface area (Å²) in [7, 11) is 1.60. The molecule has 0 aromatic heterocycles. The molecule has 0 unspecified atom stereocenters. The van der Waals surface area contributed by atoms with Crippen molar-refractivity contribution in [3.8, 4) is 0 Å². The van der Waals surface area contributed by atoms with Gasteiger partial charge in [0.2, 0.25) is 0 Å². The van der Waals surface area contributed by atoms with Gasteiger partial charge in [0.25, 0.3) is 0 Å². The number of hydrogen-bond donors (Lipinski definition) is 1. The molecule has 0 aliphatic carbocycles. The van der Waals surface area contributed by atoms with Gasteiger partial charge in [-0.15, -0.1) is 0 Å². The van der Waals surface area contributed by atoms with Gasteiger partial charge < -0.3 is 24.1 Å². The molecule has 0 bridgehead atoms. The Labute approximate surface area is 148 Å². The average Bonchev–Trinajstić information content (AvgIpc) is 2.67. The minimum Gasteiger partial charge on any atom is -0.376 e. The van der Waals surface area contributed by atoms with Crippen LogP contribution in [0, 0.1) is 0 Å². The first kappa shape index (κ1) is 18.0. The van der Waals surface area contributed by atoms with E-state index in [0.29, 0.717) is 13.2 Å². The van der Waals surface area contributed by atoms with Crippen molar-refractivity contribution >= 4 is 0 Å². The van der Waals surface area contributed by atoms with Crippen LogP contribution in [0.25, 0.3) is 0 Å². The highest BCUT2D eigenvalue weighted by atomic mass is 16.7. The molecule has 1 heterocycles. The van der Waals surface area contributed by atoms with E-state index in [4.69, 9.17) is 18.9 Å². The Morgan fingerprint density at radius 2 is 1.44 bits per heavy atom. The van der Waals surface area contributed by atoms with Gasteiger partial charge >= 0.3 is 0 Å². The van der Waals surface area contributed by atoms with Crippen LogP contribution in [0.1, 0.15) is 11.1 Å². The Balaban J connectivity index is 1.60. The number of hydrogen-bond acceptors (Lipinski definition) is 5. The number of ether oxygens (including phenoxy) is 4. The van der Waals surface area contributed by atoms with Gasteiger partial charge in [0.1, 0.15) is 18.3 Å². The summed E-state index contributed by atoms with van der Waals surface area (Å²) in [5.74, 6) is 0. The first-order chi connectivity index (χ1) is 12.3. The Bertz CT molecular complexity index is 618. The van der Waals surface area contributed by atoms with Crippen molar-refractivity contribution in [2.45, 2.75) is 37.8 Å². The number of methoxy groups -OCH3 is 1. The molecule has 1 N–H and O–H groups in total. The molecule has 0 saturated carbocycles.